The molecule has 4 atom stereocenters. The van der Waals surface area contributed by atoms with Crippen molar-refractivity contribution in [3.8, 4) is 5.75 Å². The topological polar surface area (TPSA) is 82.1 Å². The standard InChI is InChI=1S/C24H33NO6/c1-6-30-23(28)20-18(24(2,3)4)21(26)19(15-11-7-8-12-16(15)29-5)25(20)22(27)17-13-9-10-14-31-17/h7-8,11-12,17-20H,6,9-10,13-14H2,1-5H3/t17-,18+,19-,20-/m0/s1. The first-order valence-corrected chi connectivity index (χ1v) is 11.0. The fourth-order valence-corrected chi connectivity index (χ4v) is 4.72. The molecule has 170 valence electrons. The van der Waals surface area contributed by atoms with Crippen molar-refractivity contribution in [2.75, 3.05) is 20.3 Å². The van der Waals surface area contributed by atoms with E-state index in [1.54, 1.807) is 25.1 Å². The molecule has 0 spiro atoms. The van der Waals surface area contributed by atoms with Crippen LogP contribution in [0.4, 0.5) is 0 Å². The Morgan fingerprint density at radius 2 is 1.90 bits per heavy atom. The first kappa shape index (κ1) is 23.3. The van der Waals surface area contributed by atoms with Gasteiger partial charge in [-0.3, -0.25) is 9.59 Å². The molecule has 2 saturated heterocycles. The van der Waals surface area contributed by atoms with Gasteiger partial charge in [-0.2, -0.15) is 0 Å². The number of para-hydroxylation sites is 1. The van der Waals surface area contributed by atoms with E-state index in [-0.39, 0.29) is 18.3 Å². The molecule has 1 aromatic rings. The highest BCUT2D eigenvalue weighted by Gasteiger charge is 2.59. The van der Waals surface area contributed by atoms with Gasteiger partial charge in [0.1, 0.15) is 23.9 Å². The maximum absolute atomic E-state index is 13.8. The van der Waals surface area contributed by atoms with E-state index in [2.05, 4.69) is 0 Å². The summed E-state index contributed by atoms with van der Waals surface area (Å²) >= 11 is 0. The lowest BCUT2D eigenvalue weighted by atomic mass is 9.74. The molecule has 2 aliphatic rings. The van der Waals surface area contributed by atoms with Gasteiger partial charge in [-0.1, -0.05) is 39.0 Å². The monoisotopic (exact) mass is 431 g/mol. The fourth-order valence-electron chi connectivity index (χ4n) is 4.72. The van der Waals surface area contributed by atoms with Crippen LogP contribution in [0.2, 0.25) is 0 Å². The smallest absolute Gasteiger partial charge is 0.329 e. The predicted octanol–water partition coefficient (Wildman–Crippen LogP) is 3.31. The first-order valence-electron chi connectivity index (χ1n) is 11.0. The number of nitrogens with zero attached hydrogens (tertiary/aromatic N) is 1. The van der Waals surface area contributed by atoms with Crippen molar-refractivity contribution < 1.29 is 28.6 Å². The largest absolute Gasteiger partial charge is 0.496 e. The Bertz CT molecular complexity index is 824. The number of hydrogen-bond donors (Lipinski definition) is 0. The highest BCUT2D eigenvalue weighted by atomic mass is 16.5. The molecule has 0 saturated carbocycles. The molecular weight excluding hydrogens is 398 g/mol. The van der Waals surface area contributed by atoms with Crippen LogP contribution in [0.1, 0.15) is 58.6 Å². The van der Waals surface area contributed by atoms with Crippen molar-refractivity contribution >= 4 is 17.7 Å². The summed E-state index contributed by atoms with van der Waals surface area (Å²) < 4.78 is 16.6. The number of ketones is 1. The number of methoxy groups -OCH3 is 1. The number of amides is 1. The maximum atomic E-state index is 13.8. The van der Waals surface area contributed by atoms with Crippen molar-refractivity contribution in [1.29, 1.82) is 0 Å². The summed E-state index contributed by atoms with van der Waals surface area (Å²) in [4.78, 5) is 42.1. The number of rotatable bonds is 5. The van der Waals surface area contributed by atoms with E-state index in [9.17, 15) is 14.4 Å². The van der Waals surface area contributed by atoms with Crippen LogP contribution in [0.25, 0.3) is 0 Å². The van der Waals surface area contributed by atoms with Crippen molar-refractivity contribution in [3.05, 3.63) is 29.8 Å². The second-order valence-corrected chi connectivity index (χ2v) is 9.19. The fraction of sp³-hybridized carbons (Fsp3) is 0.625. The molecular formula is C24H33NO6. The van der Waals surface area contributed by atoms with Gasteiger partial charge in [0, 0.05) is 12.2 Å². The molecule has 7 heteroatoms. The first-order chi connectivity index (χ1) is 14.7. The zero-order valence-corrected chi connectivity index (χ0v) is 19.1. The molecule has 2 aliphatic heterocycles. The Morgan fingerprint density at radius 1 is 1.19 bits per heavy atom. The van der Waals surface area contributed by atoms with E-state index in [4.69, 9.17) is 14.2 Å². The van der Waals surface area contributed by atoms with Crippen LogP contribution in [0.5, 0.6) is 5.75 Å². The number of esters is 1. The highest BCUT2D eigenvalue weighted by Crippen LogP contribution is 2.47. The molecule has 1 aromatic carbocycles. The zero-order chi connectivity index (χ0) is 22.8. The lowest BCUT2D eigenvalue weighted by molar-refractivity contribution is -0.162. The molecule has 0 aromatic heterocycles. The zero-order valence-electron chi connectivity index (χ0n) is 19.1. The van der Waals surface area contributed by atoms with Gasteiger partial charge in [0.25, 0.3) is 5.91 Å². The summed E-state index contributed by atoms with van der Waals surface area (Å²) in [7, 11) is 1.53. The third kappa shape index (κ3) is 4.47. The molecule has 31 heavy (non-hydrogen) atoms. The lowest BCUT2D eigenvalue weighted by Crippen LogP contribution is -2.51. The quantitative estimate of drug-likeness (QED) is 0.666. The van der Waals surface area contributed by atoms with Crippen LogP contribution in [0, 0.1) is 11.3 Å². The summed E-state index contributed by atoms with van der Waals surface area (Å²) in [6.07, 6.45) is 1.65. The average Bonchev–Trinajstić information content (AvgIpc) is 3.07. The minimum atomic E-state index is -1.01. The van der Waals surface area contributed by atoms with Crippen molar-refractivity contribution in [3.63, 3.8) is 0 Å². The summed E-state index contributed by atoms with van der Waals surface area (Å²) in [6, 6.07) is 5.19. The molecule has 0 radical (unpaired) electrons. The molecule has 3 rings (SSSR count). The van der Waals surface area contributed by atoms with Crippen LogP contribution in [0.3, 0.4) is 0 Å². The summed E-state index contributed by atoms with van der Waals surface area (Å²) in [6.45, 7) is 8.10. The summed E-state index contributed by atoms with van der Waals surface area (Å²) in [5.41, 5.74) is 0.0113. The van der Waals surface area contributed by atoms with Crippen LogP contribution in [-0.2, 0) is 23.9 Å². The minimum absolute atomic E-state index is 0.168. The van der Waals surface area contributed by atoms with Gasteiger partial charge in [0.15, 0.2) is 5.78 Å². The molecule has 0 aliphatic carbocycles. The van der Waals surface area contributed by atoms with E-state index in [0.29, 0.717) is 24.3 Å². The number of ether oxygens (including phenoxy) is 3. The van der Waals surface area contributed by atoms with E-state index >= 15 is 0 Å². The maximum Gasteiger partial charge on any atom is 0.329 e. The second-order valence-electron chi connectivity index (χ2n) is 9.19. The van der Waals surface area contributed by atoms with Crippen LogP contribution in [-0.4, -0.2) is 55.0 Å². The number of hydrogen-bond acceptors (Lipinski definition) is 6. The Morgan fingerprint density at radius 3 is 2.48 bits per heavy atom. The summed E-state index contributed by atoms with van der Waals surface area (Å²) in [5, 5.41) is 0. The van der Waals surface area contributed by atoms with Crippen LogP contribution < -0.4 is 4.74 Å². The SMILES string of the molecule is CCOC(=O)[C@@H]1[C@@H](C(C)(C)C)C(=O)[C@H](c2ccccc2OC)N1C(=O)[C@@H]1CCCCO1. The third-order valence-electron chi connectivity index (χ3n) is 6.07. The van der Waals surface area contributed by atoms with E-state index in [1.165, 1.54) is 12.0 Å². The molecule has 7 nitrogen and oxygen atoms in total. The predicted molar refractivity (Wildman–Crippen MR) is 115 cm³/mol. The average molecular weight is 432 g/mol. The van der Waals surface area contributed by atoms with Gasteiger partial charge >= 0.3 is 5.97 Å². The molecule has 0 unspecified atom stereocenters. The normalized spacial score (nSPS) is 26.6. The number of likely N-dealkylation sites (tertiary alicyclic amines) is 1. The van der Waals surface area contributed by atoms with Gasteiger partial charge < -0.3 is 19.1 Å². The second kappa shape index (κ2) is 9.39. The van der Waals surface area contributed by atoms with E-state index < -0.39 is 35.5 Å². The number of carbonyl (C=O) groups excluding carboxylic acids is 3. The van der Waals surface area contributed by atoms with Gasteiger partial charge in [0.2, 0.25) is 0 Å². The van der Waals surface area contributed by atoms with E-state index in [1.807, 2.05) is 26.8 Å². The number of benzene rings is 1. The Hall–Kier alpha value is -2.41. The highest BCUT2D eigenvalue weighted by molar-refractivity contribution is 6.03. The van der Waals surface area contributed by atoms with Gasteiger partial charge in [0.05, 0.1) is 19.6 Å². The van der Waals surface area contributed by atoms with Gasteiger partial charge in [-0.05, 0) is 37.7 Å². The lowest BCUT2D eigenvalue weighted by Gasteiger charge is -2.35. The molecule has 2 fully saturated rings. The van der Waals surface area contributed by atoms with Crippen molar-refractivity contribution in [1.82, 2.24) is 4.90 Å². The minimum Gasteiger partial charge on any atom is -0.496 e. The Kier molecular flexibility index (Phi) is 7.04. The summed E-state index contributed by atoms with van der Waals surface area (Å²) in [5.74, 6) is -1.29. The van der Waals surface area contributed by atoms with Gasteiger partial charge in [-0.25, -0.2) is 4.79 Å². The number of Topliss-reactive ketones (excluding diaryl/α,β-unsaturated/α-hetero) is 1. The molecule has 2 heterocycles. The van der Waals surface area contributed by atoms with E-state index in [0.717, 1.165) is 12.8 Å². The molecule has 1 amide bonds. The van der Waals surface area contributed by atoms with Gasteiger partial charge in [-0.15, -0.1) is 0 Å². The van der Waals surface area contributed by atoms with Crippen LogP contribution >= 0.6 is 0 Å². The Labute approximate surface area is 184 Å². The Balaban J connectivity index is 2.16. The van der Waals surface area contributed by atoms with Crippen LogP contribution in [0.15, 0.2) is 24.3 Å². The molecule has 0 N–H and O–H groups in total. The molecule has 0 bridgehead atoms. The third-order valence-corrected chi connectivity index (χ3v) is 6.07. The van der Waals surface area contributed by atoms with Crippen molar-refractivity contribution in [2.45, 2.75) is 65.1 Å². The van der Waals surface area contributed by atoms with Crippen molar-refractivity contribution in [2.24, 2.45) is 11.3 Å². The number of carbonyl (C=O) groups is 3.